The summed E-state index contributed by atoms with van der Waals surface area (Å²) >= 11 is 1.86. The molecule has 2 aromatic rings. The van der Waals surface area contributed by atoms with Gasteiger partial charge in [0.1, 0.15) is 12.2 Å². The second-order valence-corrected chi connectivity index (χ2v) is 7.51. The molecule has 0 bridgehead atoms. The molecule has 0 amide bonds. The van der Waals surface area contributed by atoms with Crippen LogP contribution in [0.25, 0.3) is 0 Å². The van der Waals surface area contributed by atoms with Crippen LogP contribution in [0.15, 0.2) is 35.6 Å². The molecule has 1 atom stereocenters. The third-order valence-corrected chi connectivity index (χ3v) is 5.14. The van der Waals surface area contributed by atoms with Crippen molar-refractivity contribution >= 4 is 17.7 Å². The quantitative estimate of drug-likeness (QED) is 0.372. The molecule has 0 radical (unpaired) electrons. The largest absolute Gasteiger partial charge is 0.355 e. The molecule has 0 fully saturated rings. The van der Waals surface area contributed by atoms with Crippen LogP contribution in [0.4, 0.5) is 0 Å². The van der Waals surface area contributed by atoms with Crippen LogP contribution in [0.1, 0.15) is 43.3 Å². The first-order valence-electron chi connectivity index (χ1n) is 9.61. The number of guanidine groups is 1. The molecule has 1 aromatic heterocycles. The Kier molecular flexibility index (Phi) is 9.18. The third kappa shape index (κ3) is 6.90. The van der Waals surface area contributed by atoms with Gasteiger partial charge in [0, 0.05) is 26.1 Å². The highest BCUT2D eigenvalue weighted by Crippen LogP contribution is 2.16. The van der Waals surface area contributed by atoms with Crippen molar-refractivity contribution in [2.45, 2.75) is 46.2 Å². The van der Waals surface area contributed by atoms with Gasteiger partial charge in [0.2, 0.25) is 0 Å². The van der Waals surface area contributed by atoms with Gasteiger partial charge in [0.15, 0.2) is 5.96 Å². The van der Waals surface area contributed by atoms with E-state index in [9.17, 15) is 0 Å². The number of hydrogen-bond acceptors (Lipinski definition) is 4. The first-order valence-corrected chi connectivity index (χ1v) is 11.0. The summed E-state index contributed by atoms with van der Waals surface area (Å²) in [5.41, 5.74) is 2.58. The molecule has 1 aromatic carbocycles. The normalized spacial score (nSPS) is 12.8. The summed E-state index contributed by atoms with van der Waals surface area (Å²) in [5, 5.41) is 15.1. The average molecular weight is 389 g/mol. The molecule has 27 heavy (non-hydrogen) atoms. The minimum Gasteiger partial charge on any atom is -0.355 e. The summed E-state index contributed by atoms with van der Waals surface area (Å²) in [6, 6.07) is 8.67. The second-order valence-electron chi connectivity index (χ2n) is 6.52. The van der Waals surface area contributed by atoms with Crippen LogP contribution >= 0.6 is 11.8 Å². The van der Waals surface area contributed by atoms with Gasteiger partial charge >= 0.3 is 0 Å². The van der Waals surface area contributed by atoms with Gasteiger partial charge in [-0.15, -0.1) is 10.2 Å². The van der Waals surface area contributed by atoms with E-state index in [1.54, 1.807) is 6.33 Å². The molecule has 7 heteroatoms. The zero-order valence-electron chi connectivity index (χ0n) is 16.9. The second kappa shape index (κ2) is 11.6. The zero-order valence-corrected chi connectivity index (χ0v) is 17.7. The Morgan fingerprint density at radius 3 is 2.89 bits per heavy atom. The van der Waals surface area contributed by atoms with Crippen molar-refractivity contribution in [1.82, 2.24) is 25.4 Å². The van der Waals surface area contributed by atoms with Crippen LogP contribution in [0.5, 0.6) is 0 Å². The van der Waals surface area contributed by atoms with Crippen molar-refractivity contribution in [2.24, 2.45) is 4.99 Å². The van der Waals surface area contributed by atoms with E-state index >= 15 is 0 Å². The average Bonchev–Trinajstić information content (AvgIpc) is 3.12. The van der Waals surface area contributed by atoms with E-state index in [1.807, 2.05) is 11.8 Å². The summed E-state index contributed by atoms with van der Waals surface area (Å²) in [7, 11) is 0. The summed E-state index contributed by atoms with van der Waals surface area (Å²) in [6.07, 6.45) is 5.89. The summed E-state index contributed by atoms with van der Waals surface area (Å²) in [5.74, 6) is 3.00. The lowest BCUT2D eigenvalue weighted by molar-refractivity contribution is 0.618. The van der Waals surface area contributed by atoms with E-state index in [0.717, 1.165) is 50.0 Å². The maximum absolute atomic E-state index is 4.76. The number of aromatic nitrogens is 3. The predicted molar refractivity (Wildman–Crippen MR) is 115 cm³/mol. The van der Waals surface area contributed by atoms with E-state index < -0.39 is 0 Å². The molecule has 0 saturated heterocycles. The number of nitrogens with one attached hydrogen (secondary N) is 2. The van der Waals surface area contributed by atoms with Gasteiger partial charge in [-0.3, -0.25) is 4.99 Å². The minimum absolute atomic E-state index is 0.194. The van der Waals surface area contributed by atoms with Crippen molar-refractivity contribution in [3.63, 3.8) is 0 Å². The lowest BCUT2D eigenvalue weighted by Crippen LogP contribution is -2.40. The molecular formula is C20H32N6S. The van der Waals surface area contributed by atoms with Crippen LogP contribution in [0.2, 0.25) is 0 Å². The molecule has 2 rings (SSSR count). The number of benzene rings is 1. The van der Waals surface area contributed by atoms with Crippen LogP contribution in [-0.2, 0) is 13.0 Å². The fourth-order valence-corrected chi connectivity index (χ4v) is 3.36. The van der Waals surface area contributed by atoms with E-state index in [1.165, 1.54) is 11.1 Å². The van der Waals surface area contributed by atoms with E-state index in [-0.39, 0.29) is 6.04 Å². The zero-order chi connectivity index (χ0) is 19.5. The monoisotopic (exact) mass is 388 g/mol. The van der Waals surface area contributed by atoms with Crippen LogP contribution in [0.3, 0.4) is 0 Å². The van der Waals surface area contributed by atoms with Crippen molar-refractivity contribution in [3.8, 4) is 0 Å². The van der Waals surface area contributed by atoms with Crippen LogP contribution in [0, 0.1) is 6.92 Å². The van der Waals surface area contributed by atoms with E-state index in [2.05, 4.69) is 76.7 Å². The number of rotatable bonds is 10. The van der Waals surface area contributed by atoms with Gasteiger partial charge in [0.25, 0.3) is 0 Å². The Morgan fingerprint density at radius 2 is 2.15 bits per heavy atom. The molecule has 0 saturated carbocycles. The Hall–Kier alpha value is -2.02. The number of thioether (sulfide) groups is 1. The van der Waals surface area contributed by atoms with Crippen molar-refractivity contribution < 1.29 is 0 Å². The summed E-state index contributed by atoms with van der Waals surface area (Å²) in [4.78, 5) is 4.76. The Labute approximate surface area is 167 Å². The summed E-state index contributed by atoms with van der Waals surface area (Å²) in [6.45, 7) is 8.84. The molecular weight excluding hydrogens is 356 g/mol. The Bertz CT molecular complexity index is 712. The topological polar surface area (TPSA) is 67.1 Å². The Balaban J connectivity index is 1.96. The molecule has 6 nitrogen and oxygen atoms in total. The lowest BCUT2D eigenvalue weighted by atomic mass is 10.0. The summed E-state index contributed by atoms with van der Waals surface area (Å²) < 4.78 is 2.09. The first kappa shape index (κ1) is 21.3. The van der Waals surface area contributed by atoms with Gasteiger partial charge in [-0.05, 0) is 43.4 Å². The highest BCUT2D eigenvalue weighted by atomic mass is 32.2. The van der Waals surface area contributed by atoms with Gasteiger partial charge < -0.3 is 15.2 Å². The van der Waals surface area contributed by atoms with Gasteiger partial charge in [-0.1, -0.05) is 31.2 Å². The highest BCUT2D eigenvalue weighted by Gasteiger charge is 2.10. The smallest absolute Gasteiger partial charge is 0.191 e. The standard InChI is InChI=1S/C20H32N6S/c1-5-19-25-23-15-26(19)13-12-22-20(21-11-8-14-27-4)24-17(3)18-10-7-6-9-16(18)2/h6-7,9-10,15,17H,5,8,11-14H2,1-4H3,(H2,21,22,24). The van der Waals surface area contributed by atoms with E-state index in [4.69, 9.17) is 4.99 Å². The molecule has 1 unspecified atom stereocenters. The first-order chi connectivity index (χ1) is 13.2. The number of aryl methyl sites for hydroxylation is 2. The minimum atomic E-state index is 0.194. The van der Waals surface area contributed by atoms with Crippen LogP contribution in [-0.4, -0.2) is 45.8 Å². The number of nitrogens with zero attached hydrogens (tertiary/aromatic N) is 4. The molecule has 0 aliphatic carbocycles. The van der Waals surface area contributed by atoms with Crippen molar-refractivity contribution in [2.75, 3.05) is 25.1 Å². The van der Waals surface area contributed by atoms with Crippen molar-refractivity contribution in [3.05, 3.63) is 47.5 Å². The van der Waals surface area contributed by atoms with Gasteiger partial charge in [-0.2, -0.15) is 11.8 Å². The molecule has 148 valence electrons. The van der Waals surface area contributed by atoms with Crippen molar-refractivity contribution in [1.29, 1.82) is 0 Å². The molecule has 1 heterocycles. The van der Waals surface area contributed by atoms with Gasteiger partial charge in [0.05, 0.1) is 6.04 Å². The molecule has 0 spiro atoms. The lowest BCUT2D eigenvalue weighted by Gasteiger charge is -2.20. The van der Waals surface area contributed by atoms with E-state index in [0.29, 0.717) is 0 Å². The van der Waals surface area contributed by atoms with Gasteiger partial charge in [-0.25, -0.2) is 0 Å². The Morgan fingerprint density at radius 1 is 1.33 bits per heavy atom. The third-order valence-electron chi connectivity index (χ3n) is 4.44. The molecule has 0 aliphatic rings. The predicted octanol–water partition coefficient (Wildman–Crippen LogP) is 3.20. The number of aliphatic imine (C=N–C) groups is 1. The van der Waals surface area contributed by atoms with Crippen LogP contribution < -0.4 is 10.6 Å². The number of hydrogen-bond donors (Lipinski definition) is 2. The fraction of sp³-hybridized carbons (Fsp3) is 0.550. The molecule has 2 N–H and O–H groups in total. The fourth-order valence-electron chi connectivity index (χ4n) is 2.94. The highest BCUT2D eigenvalue weighted by molar-refractivity contribution is 7.98. The maximum Gasteiger partial charge on any atom is 0.191 e. The molecule has 0 aliphatic heterocycles. The maximum atomic E-state index is 4.76. The SMILES string of the molecule is CCc1nncn1CCNC(=NCCCSC)NC(C)c1ccccc1C.